The molecule has 0 radical (unpaired) electrons. The minimum absolute atomic E-state index is 0.380. The molecular formula is C10H10N2O2. The van der Waals surface area contributed by atoms with E-state index >= 15 is 0 Å². The van der Waals surface area contributed by atoms with Crippen molar-refractivity contribution < 1.29 is 9.15 Å². The fourth-order valence-corrected chi connectivity index (χ4v) is 1.00. The minimum atomic E-state index is 0.380. The first-order chi connectivity index (χ1) is 6.84. The van der Waals surface area contributed by atoms with Crippen LogP contribution in [-0.2, 0) is 6.61 Å². The maximum Gasteiger partial charge on any atom is 0.233 e. The molecule has 4 heteroatoms. The molecule has 0 aliphatic carbocycles. The largest absolute Gasteiger partial charge is 0.468 e. The van der Waals surface area contributed by atoms with Crippen LogP contribution in [0.25, 0.3) is 0 Å². The zero-order valence-electron chi connectivity index (χ0n) is 7.80. The molecule has 0 spiro atoms. The summed E-state index contributed by atoms with van der Waals surface area (Å²) >= 11 is 0. The van der Waals surface area contributed by atoms with E-state index in [1.807, 2.05) is 25.1 Å². The number of rotatable bonds is 3. The Bertz CT molecular complexity index is 381. The maximum atomic E-state index is 5.34. The average molecular weight is 190 g/mol. The Morgan fingerprint density at radius 1 is 1.29 bits per heavy atom. The lowest BCUT2D eigenvalue weighted by molar-refractivity contribution is 0.257. The van der Waals surface area contributed by atoms with Crippen LogP contribution in [0.3, 0.4) is 0 Å². The van der Waals surface area contributed by atoms with Crippen LogP contribution in [-0.4, -0.2) is 10.2 Å². The number of aryl methyl sites for hydroxylation is 1. The van der Waals surface area contributed by atoms with Crippen LogP contribution in [0.15, 0.2) is 34.9 Å². The van der Waals surface area contributed by atoms with Gasteiger partial charge < -0.3 is 9.15 Å². The molecule has 72 valence electrons. The molecule has 14 heavy (non-hydrogen) atoms. The van der Waals surface area contributed by atoms with Crippen molar-refractivity contribution in [3.8, 4) is 5.88 Å². The number of aromatic nitrogens is 2. The molecule has 2 heterocycles. The van der Waals surface area contributed by atoms with Crippen molar-refractivity contribution in [1.82, 2.24) is 10.2 Å². The lowest BCUT2D eigenvalue weighted by Gasteiger charge is -2.01. The Morgan fingerprint density at radius 2 is 2.21 bits per heavy atom. The van der Waals surface area contributed by atoms with E-state index < -0.39 is 0 Å². The first kappa shape index (κ1) is 8.74. The number of furan rings is 1. The van der Waals surface area contributed by atoms with E-state index in [4.69, 9.17) is 9.15 Å². The molecule has 0 aromatic carbocycles. The molecule has 0 amide bonds. The third-order valence-corrected chi connectivity index (χ3v) is 1.72. The Balaban J connectivity index is 1.95. The molecule has 0 saturated carbocycles. The summed E-state index contributed by atoms with van der Waals surface area (Å²) in [7, 11) is 0. The molecule has 4 nitrogen and oxygen atoms in total. The van der Waals surface area contributed by atoms with Gasteiger partial charge in [-0.05, 0) is 25.1 Å². The fourth-order valence-electron chi connectivity index (χ4n) is 1.00. The van der Waals surface area contributed by atoms with Gasteiger partial charge in [0, 0.05) is 6.07 Å². The summed E-state index contributed by atoms with van der Waals surface area (Å²) in [5.41, 5.74) is 0.871. The molecular weight excluding hydrogens is 180 g/mol. The van der Waals surface area contributed by atoms with Crippen molar-refractivity contribution in [2.24, 2.45) is 0 Å². The van der Waals surface area contributed by atoms with Gasteiger partial charge in [0.05, 0.1) is 12.0 Å². The smallest absolute Gasteiger partial charge is 0.233 e. The lowest BCUT2D eigenvalue weighted by atomic mass is 10.4. The number of hydrogen-bond donors (Lipinski definition) is 0. The fraction of sp³-hybridized carbons (Fsp3) is 0.200. The number of ether oxygens (including phenoxy) is 1. The molecule has 0 bridgehead atoms. The van der Waals surface area contributed by atoms with Crippen LogP contribution < -0.4 is 4.74 Å². The van der Waals surface area contributed by atoms with E-state index in [-0.39, 0.29) is 0 Å². The van der Waals surface area contributed by atoms with Gasteiger partial charge in [-0.2, -0.15) is 5.10 Å². The van der Waals surface area contributed by atoms with Crippen molar-refractivity contribution in [1.29, 1.82) is 0 Å². The van der Waals surface area contributed by atoms with Gasteiger partial charge in [0.1, 0.15) is 12.4 Å². The predicted molar refractivity (Wildman–Crippen MR) is 49.8 cm³/mol. The van der Waals surface area contributed by atoms with Gasteiger partial charge in [-0.25, -0.2) is 0 Å². The molecule has 0 N–H and O–H groups in total. The van der Waals surface area contributed by atoms with Gasteiger partial charge in [0.15, 0.2) is 0 Å². The molecule has 2 aromatic rings. The second-order valence-electron chi connectivity index (χ2n) is 2.88. The van der Waals surface area contributed by atoms with Crippen molar-refractivity contribution in [2.45, 2.75) is 13.5 Å². The first-order valence-corrected chi connectivity index (χ1v) is 4.30. The van der Waals surface area contributed by atoms with E-state index in [9.17, 15) is 0 Å². The third-order valence-electron chi connectivity index (χ3n) is 1.72. The average Bonchev–Trinajstić information content (AvgIpc) is 2.70. The molecule has 2 rings (SSSR count). The van der Waals surface area contributed by atoms with Crippen molar-refractivity contribution in [3.05, 3.63) is 42.0 Å². The summed E-state index contributed by atoms with van der Waals surface area (Å²) in [6, 6.07) is 7.30. The Labute approximate surface area is 81.5 Å². The summed E-state index contributed by atoms with van der Waals surface area (Å²) < 4.78 is 10.4. The SMILES string of the molecule is Cc1ccc(OCc2ccco2)nn1. The highest BCUT2D eigenvalue weighted by Crippen LogP contribution is 2.08. The zero-order chi connectivity index (χ0) is 9.80. The van der Waals surface area contributed by atoms with Crippen molar-refractivity contribution in [3.63, 3.8) is 0 Å². The molecule has 2 aromatic heterocycles. The first-order valence-electron chi connectivity index (χ1n) is 4.30. The lowest BCUT2D eigenvalue weighted by Crippen LogP contribution is -1.97. The van der Waals surface area contributed by atoms with Crippen molar-refractivity contribution in [2.75, 3.05) is 0 Å². The Morgan fingerprint density at radius 3 is 2.86 bits per heavy atom. The van der Waals surface area contributed by atoms with Crippen LogP contribution in [0.2, 0.25) is 0 Å². The Hall–Kier alpha value is -1.84. The molecule has 0 aliphatic rings. The van der Waals surface area contributed by atoms with Crippen LogP contribution in [0.4, 0.5) is 0 Å². The minimum Gasteiger partial charge on any atom is -0.468 e. The highest BCUT2D eigenvalue weighted by molar-refractivity contribution is 5.10. The van der Waals surface area contributed by atoms with Gasteiger partial charge in [-0.1, -0.05) is 0 Å². The monoisotopic (exact) mass is 190 g/mol. The number of hydrogen-bond acceptors (Lipinski definition) is 4. The summed E-state index contributed by atoms with van der Waals surface area (Å²) in [5.74, 6) is 1.28. The van der Waals surface area contributed by atoms with Crippen LogP contribution >= 0.6 is 0 Å². The Kier molecular flexibility index (Phi) is 2.44. The second kappa shape index (κ2) is 3.91. The summed E-state index contributed by atoms with van der Waals surface area (Å²) in [6.07, 6.45) is 1.61. The van der Waals surface area contributed by atoms with Gasteiger partial charge in [0.2, 0.25) is 5.88 Å². The summed E-state index contributed by atoms with van der Waals surface area (Å²) in [6.45, 7) is 2.26. The van der Waals surface area contributed by atoms with Gasteiger partial charge in [-0.15, -0.1) is 5.10 Å². The van der Waals surface area contributed by atoms with Gasteiger partial charge in [-0.3, -0.25) is 0 Å². The highest BCUT2D eigenvalue weighted by Gasteiger charge is 1.98. The molecule has 0 atom stereocenters. The molecule has 0 aliphatic heterocycles. The van der Waals surface area contributed by atoms with E-state index in [1.165, 1.54) is 0 Å². The maximum absolute atomic E-state index is 5.34. The van der Waals surface area contributed by atoms with Crippen molar-refractivity contribution >= 4 is 0 Å². The van der Waals surface area contributed by atoms with Crippen LogP contribution in [0.1, 0.15) is 11.5 Å². The van der Waals surface area contributed by atoms with Crippen LogP contribution in [0, 0.1) is 6.92 Å². The predicted octanol–water partition coefficient (Wildman–Crippen LogP) is 1.96. The molecule has 0 unspecified atom stereocenters. The van der Waals surface area contributed by atoms with Gasteiger partial charge in [0.25, 0.3) is 0 Å². The second-order valence-corrected chi connectivity index (χ2v) is 2.88. The quantitative estimate of drug-likeness (QED) is 0.742. The number of nitrogens with zero attached hydrogens (tertiary/aromatic N) is 2. The normalized spacial score (nSPS) is 10.1. The zero-order valence-corrected chi connectivity index (χ0v) is 7.80. The topological polar surface area (TPSA) is 48.2 Å². The van der Waals surface area contributed by atoms with E-state index in [0.29, 0.717) is 12.5 Å². The molecule has 0 saturated heterocycles. The van der Waals surface area contributed by atoms with E-state index in [2.05, 4.69) is 10.2 Å². The van der Waals surface area contributed by atoms with E-state index in [1.54, 1.807) is 12.3 Å². The highest BCUT2D eigenvalue weighted by atomic mass is 16.5. The van der Waals surface area contributed by atoms with Crippen LogP contribution in [0.5, 0.6) is 5.88 Å². The standard InChI is InChI=1S/C10H10N2O2/c1-8-4-5-10(12-11-8)14-7-9-3-2-6-13-9/h2-6H,7H2,1H3. The van der Waals surface area contributed by atoms with E-state index in [0.717, 1.165) is 11.5 Å². The summed E-state index contributed by atoms with van der Waals surface area (Å²) in [4.78, 5) is 0. The van der Waals surface area contributed by atoms with Gasteiger partial charge >= 0.3 is 0 Å². The molecule has 0 fully saturated rings. The third kappa shape index (κ3) is 2.10. The summed E-state index contributed by atoms with van der Waals surface area (Å²) in [5, 5.41) is 7.74.